The van der Waals surface area contributed by atoms with Gasteiger partial charge in [0.1, 0.15) is 23.4 Å². The van der Waals surface area contributed by atoms with E-state index in [2.05, 4.69) is 36.1 Å². The van der Waals surface area contributed by atoms with Gasteiger partial charge in [-0.1, -0.05) is 24.3 Å². The Morgan fingerprint density at radius 1 is 1.00 bits per heavy atom. The fraction of sp³-hybridized carbons (Fsp3) is 0.394. The number of ether oxygens (including phenoxy) is 2. The van der Waals surface area contributed by atoms with Crippen molar-refractivity contribution >= 4 is 16.8 Å². The fourth-order valence-electron chi connectivity index (χ4n) is 5.95. The minimum atomic E-state index is -0.312. The van der Waals surface area contributed by atoms with Crippen LogP contribution in [0.3, 0.4) is 0 Å². The SMILES string of the molecule is CCOc1ccc(C2=C(c3ccc(O[C@H]4CCN(CCCF)C4)cc3)c3ccc(N)c(F)c3CCC2)c(C)c1. The quantitative estimate of drug-likeness (QED) is 0.296. The average Bonchev–Trinajstić information content (AvgIpc) is 3.29. The van der Waals surface area contributed by atoms with Crippen molar-refractivity contribution in [2.75, 3.05) is 38.6 Å². The van der Waals surface area contributed by atoms with Crippen LogP contribution in [0.15, 0.2) is 54.6 Å². The molecule has 0 radical (unpaired) electrons. The van der Waals surface area contributed by atoms with Gasteiger partial charge in [0.05, 0.1) is 19.0 Å². The predicted octanol–water partition coefficient (Wildman–Crippen LogP) is 7.22. The molecule has 2 aliphatic rings. The van der Waals surface area contributed by atoms with E-state index < -0.39 is 0 Å². The molecule has 2 N–H and O–H groups in total. The molecule has 1 fully saturated rings. The number of anilines is 1. The van der Waals surface area contributed by atoms with Gasteiger partial charge in [-0.15, -0.1) is 0 Å². The Kier molecular flexibility index (Phi) is 8.51. The number of benzene rings is 3. The number of nitrogens with zero attached hydrogens (tertiary/aromatic N) is 1. The van der Waals surface area contributed by atoms with Crippen LogP contribution in [0.5, 0.6) is 11.5 Å². The highest BCUT2D eigenvalue weighted by Crippen LogP contribution is 2.43. The number of nitrogen functional groups attached to an aromatic ring is 1. The molecule has 5 rings (SSSR count). The molecular weight excluding hydrogens is 494 g/mol. The molecule has 0 amide bonds. The van der Waals surface area contributed by atoms with E-state index in [1.54, 1.807) is 6.07 Å². The molecule has 1 heterocycles. The summed E-state index contributed by atoms with van der Waals surface area (Å²) < 4.78 is 39.9. The van der Waals surface area contributed by atoms with Gasteiger partial charge in [-0.25, -0.2) is 4.39 Å². The zero-order chi connectivity index (χ0) is 27.4. The van der Waals surface area contributed by atoms with Gasteiger partial charge < -0.3 is 15.2 Å². The van der Waals surface area contributed by atoms with Crippen molar-refractivity contribution in [3.05, 3.63) is 88.2 Å². The van der Waals surface area contributed by atoms with Crippen LogP contribution in [0.4, 0.5) is 14.5 Å². The summed E-state index contributed by atoms with van der Waals surface area (Å²) in [4.78, 5) is 2.26. The number of rotatable bonds is 9. The van der Waals surface area contributed by atoms with E-state index in [1.807, 2.05) is 31.2 Å². The lowest BCUT2D eigenvalue weighted by molar-refractivity contribution is 0.198. The van der Waals surface area contributed by atoms with Gasteiger partial charge >= 0.3 is 0 Å². The van der Waals surface area contributed by atoms with Gasteiger partial charge in [0.25, 0.3) is 0 Å². The first-order chi connectivity index (χ1) is 19.0. The average molecular weight is 533 g/mol. The van der Waals surface area contributed by atoms with Crippen molar-refractivity contribution in [3.8, 4) is 11.5 Å². The topological polar surface area (TPSA) is 47.7 Å². The van der Waals surface area contributed by atoms with E-state index in [9.17, 15) is 4.39 Å². The first-order valence-electron chi connectivity index (χ1n) is 14.1. The van der Waals surface area contributed by atoms with Crippen molar-refractivity contribution in [2.24, 2.45) is 0 Å². The number of allylic oxidation sites excluding steroid dienone is 1. The van der Waals surface area contributed by atoms with Crippen LogP contribution in [-0.2, 0) is 6.42 Å². The Hall–Kier alpha value is -3.38. The smallest absolute Gasteiger partial charge is 0.149 e. The molecule has 0 unspecified atom stereocenters. The van der Waals surface area contributed by atoms with E-state index in [1.165, 1.54) is 5.57 Å². The zero-order valence-corrected chi connectivity index (χ0v) is 22.9. The number of nitrogens with two attached hydrogens (primary N) is 1. The summed E-state index contributed by atoms with van der Waals surface area (Å²) in [7, 11) is 0. The lowest BCUT2D eigenvalue weighted by atomic mass is 9.86. The van der Waals surface area contributed by atoms with Crippen molar-refractivity contribution < 1.29 is 18.3 Å². The molecule has 0 spiro atoms. The summed E-state index contributed by atoms with van der Waals surface area (Å²) >= 11 is 0. The molecule has 1 aliphatic heterocycles. The molecular formula is C33H38F2N2O2. The van der Waals surface area contributed by atoms with Crippen LogP contribution in [0.1, 0.15) is 60.4 Å². The first-order valence-corrected chi connectivity index (χ1v) is 14.1. The highest BCUT2D eigenvalue weighted by Gasteiger charge is 2.26. The third kappa shape index (κ3) is 5.96. The van der Waals surface area contributed by atoms with E-state index >= 15 is 4.39 Å². The molecule has 4 nitrogen and oxygen atoms in total. The number of halogens is 2. The lowest BCUT2D eigenvalue weighted by Crippen LogP contribution is -2.26. The number of likely N-dealkylation sites (tertiary alicyclic amines) is 1. The largest absolute Gasteiger partial charge is 0.494 e. The van der Waals surface area contributed by atoms with E-state index in [4.69, 9.17) is 15.2 Å². The summed E-state index contributed by atoms with van der Waals surface area (Å²) in [6, 6.07) is 18.0. The fourth-order valence-corrected chi connectivity index (χ4v) is 5.95. The number of hydrogen-bond acceptors (Lipinski definition) is 4. The standard InChI is InChI=1S/C33H38F2N2O2/c1-3-38-25-12-13-27(22(2)20-25)28-6-4-7-30-29(14-15-31(36)33(30)35)32(28)23-8-10-24(11-9-23)39-26-16-19-37(21-26)18-5-17-34/h8-15,20,26H,3-7,16-19,21,36H2,1-2H3/t26-/m0/s1. The third-order valence-electron chi connectivity index (χ3n) is 7.81. The summed E-state index contributed by atoms with van der Waals surface area (Å²) in [5.41, 5.74) is 13.3. The van der Waals surface area contributed by atoms with Crippen LogP contribution >= 0.6 is 0 Å². The maximum Gasteiger partial charge on any atom is 0.149 e. The third-order valence-corrected chi connectivity index (χ3v) is 7.81. The van der Waals surface area contributed by atoms with Crippen molar-refractivity contribution in [3.63, 3.8) is 0 Å². The maximum absolute atomic E-state index is 15.3. The normalized spacial score (nSPS) is 17.7. The minimum Gasteiger partial charge on any atom is -0.494 e. The van der Waals surface area contributed by atoms with Gasteiger partial charge in [-0.05, 0) is 115 Å². The number of fused-ring (bicyclic) bond motifs is 1. The Morgan fingerprint density at radius 3 is 2.51 bits per heavy atom. The van der Waals surface area contributed by atoms with Crippen molar-refractivity contribution in [1.29, 1.82) is 0 Å². The van der Waals surface area contributed by atoms with Crippen LogP contribution < -0.4 is 15.2 Å². The second-order valence-corrected chi connectivity index (χ2v) is 10.5. The molecule has 1 saturated heterocycles. The molecule has 1 atom stereocenters. The molecule has 1 aliphatic carbocycles. The highest BCUT2D eigenvalue weighted by molar-refractivity contribution is 6.00. The van der Waals surface area contributed by atoms with Gasteiger partial charge in [-0.3, -0.25) is 9.29 Å². The lowest BCUT2D eigenvalue weighted by Gasteiger charge is -2.20. The Bertz CT molecular complexity index is 1340. The molecule has 3 aromatic carbocycles. The zero-order valence-electron chi connectivity index (χ0n) is 22.9. The molecule has 206 valence electrons. The van der Waals surface area contributed by atoms with Gasteiger partial charge in [0.2, 0.25) is 0 Å². The van der Waals surface area contributed by atoms with Crippen LogP contribution in [0, 0.1) is 12.7 Å². The van der Waals surface area contributed by atoms with Crippen LogP contribution in [-0.4, -0.2) is 43.9 Å². The summed E-state index contributed by atoms with van der Waals surface area (Å²) in [5.74, 6) is 1.35. The van der Waals surface area contributed by atoms with E-state index in [0.29, 0.717) is 25.0 Å². The molecule has 0 aromatic heterocycles. The second-order valence-electron chi connectivity index (χ2n) is 10.5. The second kappa shape index (κ2) is 12.2. The molecule has 39 heavy (non-hydrogen) atoms. The van der Waals surface area contributed by atoms with Crippen molar-refractivity contribution in [1.82, 2.24) is 4.90 Å². The highest BCUT2D eigenvalue weighted by atomic mass is 19.1. The molecule has 6 heteroatoms. The Morgan fingerprint density at radius 2 is 1.77 bits per heavy atom. The van der Waals surface area contributed by atoms with Gasteiger partial charge in [0.15, 0.2) is 0 Å². The van der Waals surface area contributed by atoms with Crippen molar-refractivity contribution in [2.45, 2.75) is 52.1 Å². The summed E-state index contributed by atoms with van der Waals surface area (Å²) in [5, 5.41) is 0. The van der Waals surface area contributed by atoms with Gasteiger partial charge in [0, 0.05) is 19.6 Å². The monoisotopic (exact) mass is 532 g/mol. The van der Waals surface area contributed by atoms with E-state index in [-0.39, 0.29) is 24.3 Å². The van der Waals surface area contributed by atoms with Gasteiger partial charge in [-0.2, -0.15) is 0 Å². The Labute approximate surface area is 230 Å². The number of aryl methyl sites for hydroxylation is 1. The Balaban J connectivity index is 1.51. The predicted molar refractivity (Wildman–Crippen MR) is 155 cm³/mol. The first kappa shape index (κ1) is 27.2. The van der Waals surface area contributed by atoms with Crippen LogP contribution in [0.2, 0.25) is 0 Å². The summed E-state index contributed by atoms with van der Waals surface area (Å²) in [6.07, 6.45) is 3.91. The maximum atomic E-state index is 15.3. The molecule has 0 saturated carbocycles. The number of hydrogen-bond donors (Lipinski definition) is 1. The van der Waals surface area contributed by atoms with Crippen LogP contribution in [0.25, 0.3) is 11.1 Å². The van der Waals surface area contributed by atoms with E-state index in [0.717, 1.165) is 78.2 Å². The number of alkyl halides is 1. The minimum absolute atomic E-state index is 0.104. The molecule has 0 bridgehead atoms. The summed E-state index contributed by atoms with van der Waals surface area (Å²) in [6.45, 7) is 6.96. The molecule has 3 aromatic rings.